The Morgan fingerprint density at radius 2 is 0.875 bits per heavy atom. The molecule has 3 rings (SSSR count). The summed E-state index contributed by atoms with van der Waals surface area (Å²) in [5, 5.41) is 0. The van der Waals surface area contributed by atoms with Crippen LogP contribution in [0.25, 0.3) is 0 Å². The van der Waals surface area contributed by atoms with Crippen LogP contribution < -0.4 is 0 Å². The molecule has 1 aromatic carbocycles. The molecule has 0 aliphatic carbocycles. The first-order chi connectivity index (χ1) is 7.35. The van der Waals surface area contributed by atoms with Crippen LogP contribution in [0.15, 0.2) is 31.7 Å². The highest BCUT2D eigenvalue weighted by Gasteiger charge is 2.35. The predicted molar refractivity (Wildman–Crippen MR) is 78.0 cm³/mol. The van der Waals surface area contributed by atoms with Crippen molar-refractivity contribution in [2.24, 2.45) is 0 Å². The van der Waals surface area contributed by atoms with Crippen LogP contribution in [-0.4, -0.2) is 8.16 Å². The smallest absolute Gasteiger partial charge is 0.0649 e. The molecule has 2 heterocycles. The van der Waals surface area contributed by atoms with Gasteiger partial charge in [0.2, 0.25) is 0 Å². The minimum atomic E-state index is 0.308. The summed E-state index contributed by atoms with van der Waals surface area (Å²) in [6.07, 6.45) is 0. The summed E-state index contributed by atoms with van der Waals surface area (Å²) >= 11 is 8.00. The molecule has 0 saturated carbocycles. The number of hydrogen-bond donors (Lipinski definition) is 0. The lowest BCUT2D eigenvalue weighted by Gasteiger charge is -2.14. The van der Waals surface area contributed by atoms with Crippen molar-refractivity contribution < 1.29 is 0 Å². The fourth-order valence-electron chi connectivity index (χ4n) is 1.94. The van der Waals surface area contributed by atoms with Gasteiger partial charge in [0.1, 0.15) is 0 Å². The largest absolute Gasteiger partial charge is 0.107 e. The molecule has 0 nitrogen and oxygen atoms in total. The second kappa shape index (κ2) is 3.56. The van der Waals surface area contributed by atoms with Crippen LogP contribution in [0.2, 0.25) is 0 Å². The van der Waals surface area contributed by atoms with Gasteiger partial charge < -0.3 is 0 Å². The zero-order valence-corrected chi connectivity index (χ0v) is 13.1. The fraction of sp³-hybridized carbons (Fsp3) is 0.500. The molecule has 0 amide bonds. The second-order valence-electron chi connectivity index (χ2n) is 4.95. The van der Waals surface area contributed by atoms with E-state index in [1.807, 2.05) is 47.0 Å². The first-order valence-electron chi connectivity index (χ1n) is 5.29. The lowest BCUT2D eigenvalue weighted by Crippen LogP contribution is -2.02. The van der Waals surface area contributed by atoms with Crippen LogP contribution in [-0.2, 0) is 0 Å². The molecule has 16 heavy (non-hydrogen) atoms. The number of benzene rings is 1. The topological polar surface area (TPSA) is 0 Å². The van der Waals surface area contributed by atoms with Crippen molar-refractivity contribution in [1.82, 2.24) is 0 Å². The van der Waals surface area contributed by atoms with E-state index in [9.17, 15) is 0 Å². The molecule has 2 aliphatic heterocycles. The molecule has 0 N–H and O–H groups in total. The van der Waals surface area contributed by atoms with Crippen LogP contribution in [0.5, 0.6) is 0 Å². The lowest BCUT2D eigenvalue weighted by atomic mass is 10.3. The van der Waals surface area contributed by atoms with E-state index in [0.717, 1.165) is 0 Å². The first kappa shape index (κ1) is 11.7. The number of thioether (sulfide) groups is 4. The van der Waals surface area contributed by atoms with Gasteiger partial charge in [0.25, 0.3) is 0 Å². The molecule has 1 aromatic rings. The quantitative estimate of drug-likeness (QED) is 0.612. The summed E-state index contributed by atoms with van der Waals surface area (Å²) in [6.45, 7) is 9.21. The Balaban J connectivity index is 2.02. The van der Waals surface area contributed by atoms with Crippen LogP contribution in [0.3, 0.4) is 0 Å². The minimum absolute atomic E-state index is 0.308. The monoisotopic (exact) mass is 286 g/mol. The standard InChI is InChI=1S/C12H14S4/c1-11(2)13-7-5-9-10(6-8(7)14-11)16-12(3,4)15-9/h5-6H,1-4H3. The third-order valence-corrected chi connectivity index (χ3v) is 7.89. The van der Waals surface area contributed by atoms with Gasteiger partial charge >= 0.3 is 0 Å². The summed E-state index contributed by atoms with van der Waals surface area (Å²) in [7, 11) is 0. The fourth-order valence-corrected chi connectivity index (χ4v) is 7.47. The maximum absolute atomic E-state index is 2.39. The van der Waals surface area contributed by atoms with Gasteiger partial charge in [-0.3, -0.25) is 0 Å². The van der Waals surface area contributed by atoms with E-state index in [1.165, 1.54) is 19.6 Å². The molecule has 4 heteroatoms. The van der Waals surface area contributed by atoms with Gasteiger partial charge in [-0.1, -0.05) is 0 Å². The number of fused-ring (bicyclic) bond motifs is 2. The summed E-state index contributed by atoms with van der Waals surface area (Å²) in [5.41, 5.74) is 0. The highest BCUT2D eigenvalue weighted by atomic mass is 32.2. The summed E-state index contributed by atoms with van der Waals surface area (Å²) in [6, 6.07) is 4.78. The van der Waals surface area contributed by atoms with Crippen LogP contribution in [0.1, 0.15) is 27.7 Å². The average Bonchev–Trinajstić information content (AvgIpc) is 2.51. The maximum atomic E-state index is 2.39. The van der Waals surface area contributed by atoms with Crippen molar-refractivity contribution in [3.8, 4) is 0 Å². The molecule has 0 spiro atoms. The van der Waals surface area contributed by atoms with Gasteiger partial charge in [-0.2, -0.15) is 0 Å². The molecular weight excluding hydrogens is 272 g/mol. The highest BCUT2D eigenvalue weighted by molar-refractivity contribution is 8.21. The number of rotatable bonds is 0. The van der Waals surface area contributed by atoms with E-state index in [2.05, 4.69) is 39.8 Å². The molecule has 0 fully saturated rings. The Morgan fingerprint density at radius 1 is 0.625 bits per heavy atom. The van der Waals surface area contributed by atoms with Crippen molar-refractivity contribution in [3.63, 3.8) is 0 Å². The SMILES string of the molecule is CC1(C)Sc2cc3c(cc2S1)SC(C)(C)S3. The zero-order chi connectivity index (χ0) is 11.6. The van der Waals surface area contributed by atoms with Gasteiger partial charge in [-0.05, 0) is 39.8 Å². The maximum Gasteiger partial charge on any atom is 0.0649 e. The molecule has 0 atom stereocenters. The first-order valence-corrected chi connectivity index (χ1v) is 8.55. The predicted octanol–water partition coefficient (Wildman–Crippen LogP) is 5.55. The molecule has 0 unspecified atom stereocenters. The summed E-state index contributed by atoms with van der Waals surface area (Å²) in [5.74, 6) is 0. The van der Waals surface area contributed by atoms with Crippen molar-refractivity contribution in [2.45, 2.75) is 55.4 Å². The Hall–Kier alpha value is 0.620. The minimum Gasteiger partial charge on any atom is -0.107 e. The Morgan fingerprint density at radius 3 is 1.12 bits per heavy atom. The van der Waals surface area contributed by atoms with E-state index < -0.39 is 0 Å². The van der Waals surface area contributed by atoms with Crippen molar-refractivity contribution in [1.29, 1.82) is 0 Å². The van der Waals surface area contributed by atoms with Crippen LogP contribution in [0.4, 0.5) is 0 Å². The molecular formula is C12H14S4. The van der Waals surface area contributed by atoms with Gasteiger partial charge in [0, 0.05) is 19.6 Å². The average molecular weight is 287 g/mol. The zero-order valence-electron chi connectivity index (χ0n) is 9.79. The molecule has 0 aromatic heterocycles. The molecule has 2 aliphatic rings. The van der Waals surface area contributed by atoms with Crippen molar-refractivity contribution in [2.75, 3.05) is 0 Å². The van der Waals surface area contributed by atoms with E-state index in [4.69, 9.17) is 0 Å². The lowest BCUT2D eigenvalue weighted by molar-refractivity contribution is 1.04. The van der Waals surface area contributed by atoms with Gasteiger partial charge in [0.15, 0.2) is 0 Å². The molecule has 0 bridgehead atoms. The van der Waals surface area contributed by atoms with E-state index in [0.29, 0.717) is 8.16 Å². The van der Waals surface area contributed by atoms with Crippen LogP contribution >= 0.6 is 47.0 Å². The molecule has 0 saturated heterocycles. The Labute approximate surface area is 114 Å². The van der Waals surface area contributed by atoms with Gasteiger partial charge in [-0.15, -0.1) is 47.0 Å². The summed E-state index contributed by atoms with van der Waals surface area (Å²) < 4.78 is 0.616. The second-order valence-corrected chi connectivity index (χ2v) is 12.1. The molecule has 0 radical (unpaired) electrons. The Bertz CT molecular complexity index is 384. The third-order valence-electron chi connectivity index (χ3n) is 2.43. The third kappa shape index (κ3) is 2.02. The van der Waals surface area contributed by atoms with E-state index in [-0.39, 0.29) is 0 Å². The normalized spacial score (nSPS) is 24.2. The van der Waals surface area contributed by atoms with E-state index >= 15 is 0 Å². The highest BCUT2D eigenvalue weighted by Crippen LogP contribution is 2.61. The van der Waals surface area contributed by atoms with E-state index in [1.54, 1.807) is 0 Å². The van der Waals surface area contributed by atoms with Crippen molar-refractivity contribution >= 4 is 47.0 Å². The van der Waals surface area contributed by atoms with Gasteiger partial charge in [-0.25, -0.2) is 0 Å². The Kier molecular flexibility index (Phi) is 2.60. The summed E-state index contributed by atoms with van der Waals surface area (Å²) in [4.78, 5) is 5.89. The van der Waals surface area contributed by atoms with Gasteiger partial charge in [0.05, 0.1) is 8.16 Å². The number of hydrogen-bond acceptors (Lipinski definition) is 4. The van der Waals surface area contributed by atoms with Crippen molar-refractivity contribution in [3.05, 3.63) is 12.1 Å². The molecule has 86 valence electrons. The van der Waals surface area contributed by atoms with Crippen LogP contribution in [0, 0.1) is 0 Å².